The number of nitrogens with zero attached hydrogens (tertiary/aromatic N) is 1. The molecule has 162 valence electrons. The number of aromatic nitrogens is 1. The van der Waals surface area contributed by atoms with Gasteiger partial charge in [0, 0.05) is 11.6 Å². The molecule has 5 nitrogen and oxygen atoms in total. The maximum absolute atomic E-state index is 13.8. The van der Waals surface area contributed by atoms with E-state index in [0.29, 0.717) is 6.61 Å². The van der Waals surface area contributed by atoms with Gasteiger partial charge in [-0.05, 0) is 61.2 Å². The van der Waals surface area contributed by atoms with Crippen LogP contribution in [-0.2, 0) is 10.2 Å². The first-order valence-electron chi connectivity index (χ1n) is 11.1. The highest BCUT2D eigenvalue weighted by atomic mass is 16.5. The summed E-state index contributed by atoms with van der Waals surface area (Å²) in [6.45, 7) is 2.71. The van der Waals surface area contributed by atoms with Gasteiger partial charge >= 0.3 is 0 Å². The van der Waals surface area contributed by atoms with E-state index in [9.17, 15) is 4.79 Å². The quantitative estimate of drug-likeness (QED) is 0.521. The van der Waals surface area contributed by atoms with Crippen LogP contribution in [0.5, 0.6) is 11.5 Å². The van der Waals surface area contributed by atoms with Crippen molar-refractivity contribution >= 4 is 22.5 Å². The van der Waals surface area contributed by atoms with Gasteiger partial charge in [-0.1, -0.05) is 38.3 Å². The van der Waals surface area contributed by atoms with Crippen molar-refractivity contribution in [3.63, 3.8) is 0 Å². The summed E-state index contributed by atoms with van der Waals surface area (Å²) < 4.78 is 11.2. The van der Waals surface area contributed by atoms with Crippen LogP contribution in [0.15, 0.2) is 54.7 Å². The van der Waals surface area contributed by atoms with Crippen LogP contribution in [0.1, 0.15) is 51.0 Å². The Kier molecular flexibility index (Phi) is 6.40. The Morgan fingerprint density at radius 1 is 1.06 bits per heavy atom. The molecule has 1 saturated carbocycles. The number of benzene rings is 2. The number of carbonyl (C=O) groups is 1. The second-order valence-electron chi connectivity index (χ2n) is 8.18. The highest BCUT2D eigenvalue weighted by Crippen LogP contribution is 2.41. The summed E-state index contributed by atoms with van der Waals surface area (Å²) in [5.74, 6) is 1.59. The van der Waals surface area contributed by atoms with Gasteiger partial charge in [-0.2, -0.15) is 0 Å². The van der Waals surface area contributed by atoms with Crippen LogP contribution < -0.4 is 14.8 Å². The molecule has 1 aliphatic rings. The zero-order valence-corrected chi connectivity index (χ0v) is 18.3. The number of nitrogens with one attached hydrogen (secondary N) is 1. The minimum atomic E-state index is -0.531. The topological polar surface area (TPSA) is 60.5 Å². The second kappa shape index (κ2) is 9.38. The Bertz CT molecular complexity index is 1040. The third-order valence-corrected chi connectivity index (χ3v) is 6.23. The third-order valence-electron chi connectivity index (χ3n) is 6.23. The molecule has 5 heteroatoms. The molecule has 0 unspecified atom stereocenters. The number of rotatable bonds is 7. The highest BCUT2D eigenvalue weighted by molar-refractivity contribution is 6.06. The largest absolute Gasteiger partial charge is 0.497 e. The Morgan fingerprint density at radius 3 is 2.55 bits per heavy atom. The molecule has 1 amide bonds. The number of hydrogen-bond acceptors (Lipinski definition) is 4. The molecule has 0 aliphatic heterocycles. The summed E-state index contributed by atoms with van der Waals surface area (Å²) in [7, 11) is 1.66. The predicted molar refractivity (Wildman–Crippen MR) is 124 cm³/mol. The van der Waals surface area contributed by atoms with E-state index < -0.39 is 5.41 Å². The van der Waals surface area contributed by atoms with Crippen molar-refractivity contribution in [1.29, 1.82) is 0 Å². The van der Waals surface area contributed by atoms with E-state index in [4.69, 9.17) is 9.47 Å². The van der Waals surface area contributed by atoms with Gasteiger partial charge in [0.15, 0.2) is 0 Å². The highest BCUT2D eigenvalue weighted by Gasteiger charge is 2.41. The van der Waals surface area contributed by atoms with Crippen molar-refractivity contribution in [3.05, 3.63) is 60.3 Å². The Balaban J connectivity index is 1.68. The molecule has 0 atom stereocenters. The molecule has 0 spiro atoms. The van der Waals surface area contributed by atoms with Crippen molar-refractivity contribution in [2.45, 2.75) is 50.9 Å². The molecule has 1 fully saturated rings. The number of carbonyl (C=O) groups excluding carboxylic acids is 1. The average Bonchev–Trinajstić information content (AvgIpc) is 2.84. The van der Waals surface area contributed by atoms with Gasteiger partial charge in [-0.3, -0.25) is 9.78 Å². The molecule has 1 heterocycles. The Labute approximate surface area is 183 Å². The molecule has 31 heavy (non-hydrogen) atoms. The number of methoxy groups -OCH3 is 1. The van der Waals surface area contributed by atoms with Gasteiger partial charge in [-0.15, -0.1) is 0 Å². The lowest BCUT2D eigenvalue weighted by molar-refractivity contribution is -0.122. The first kappa shape index (κ1) is 21.2. The van der Waals surface area contributed by atoms with E-state index in [1.165, 1.54) is 6.42 Å². The van der Waals surface area contributed by atoms with E-state index in [-0.39, 0.29) is 5.91 Å². The van der Waals surface area contributed by atoms with E-state index in [0.717, 1.165) is 65.8 Å². The number of hydrogen-bond donors (Lipinski definition) is 1. The van der Waals surface area contributed by atoms with Crippen molar-refractivity contribution in [1.82, 2.24) is 4.98 Å². The second-order valence-corrected chi connectivity index (χ2v) is 8.18. The molecule has 0 radical (unpaired) electrons. The first-order valence-corrected chi connectivity index (χ1v) is 11.1. The summed E-state index contributed by atoms with van der Waals surface area (Å²) in [5.41, 5.74) is 2.07. The number of fused-ring (bicyclic) bond motifs is 1. The molecule has 2 aromatic carbocycles. The Hall–Kier alpha value is -3.08. The van der Waals surface area contributed by atoms with E-state index in [1.54, 1.807) is 13.3 Å². The molecule has 3 aromatic rings. The predicted octanol–water partition coefficient (Wildman–Crippen LogP) is 5.87. The van der Waals surface area contributed by atoms with Gasteiger partial charge < -0.3 is 14.8 Å². The maximum Gasteiger partial charge on any atom is 0.235 e. The summed E-state index contributed by atoms with van der Waals surface area (Å²) in [5, 5.41) is 4.13. The lowest BCUT2D eigenvalue weighted by Crippen LogP contribution is -2.42. The zero-order valence-electron chi connectivity index (χ0n) is 18.3. The fourth-order valence-electron chi connectivity index (χ4n) is 4.54. The van der Waals surface area contributed by atoms with E-state index in [2.05, 4.69) is 17.2 Å². The summed E-state index contributed by atoms with van der Waals surface area (Å²) in [6, 6.07) is 15.7. The molecular weight excluding hydrogens is 388 g/mol. The molecule has 1 aromatic heterocycles. The standard InChI is InChI=1S/C26H30N2O3/c1-3-18-31-23-14-13-22(21-8-7-17-27-24(21)23)28-25(29)26(15-5-4-6-16-26)19-9-11-20(30-2)12-10-19/h7-14,17H,3-6,15-16,18H2,1-2H3,(H,28,29). The summed E-state index contributed by atoms with van der Waals surface area (Å²) in [6.07, 6.45) is 7.64. The number of ether oxygens (including phenoxy) is 2. The summed E-state index contributed by atoms with van der Waals surface area (Å²) in [4.78, 5) is 18.3. The van der Waals surface area contributed by atoms with Crippen LogP contribution in [0.25, 0.3) is 10.9 Å². The van der Waals surface area contributed by atoms with Gasteiger partial charge in [0.05, 0.1) is 24.8 Å². The zero-order chi connectivity index (χ0) is 21.7. The van der Waals surface area contributed by atoms with Crippen molar-refractivity contribution in [2.24, 2.45) is 0 Å². The monoisotopic (exact) mass is 418 g/mol. The lowest BCUT2D eigenvalue weighted by Gasteiger charge is -2.36. The lowest BCUT2D eigenvalue weighted by atomic mass is 9.68. The van der Waals surface area contributed by atoms with Crippen LogP contribution in [0.3, 0.4) is 0 Å². The van der Waals surface area contributed by atoms with Gasteiger partial charge in [0.2, 0.25) is 5.91 Å². The molecular formula is C26H30N2O3. The SMILES string of the molecule is CCCOc1ccc(NC(=O)C2(c3ccc(OC)cc3)CCCCC2)c2cccnc12. The minimum Gasteiger partial charge on any atom is -0.497 e. The van der Waals surface area contributed by atoms with Crippen LogP contribution in [0.4, 0.5) is 5.69 Å². The van der Waals surface area contributed by atoms with Gasteiger partial charge in [0.1, 0.15) is 17.0 Å². The van der Waals surface area contributed by atoms with Gasteiger partial charge in [-0.25, -0.2) is 0 Å². The molecule has 0 saturated heterocycles. The number of amides is 1. The summed E-state index contributed by atoms with van der Waals surface area (Å²) >= 11 is 0. The molecule has 4 rings (SSSR count). The first-order chi connectivity index (χ1) is 15.2. The average molecular weight is 419 g/mol. The van der Waals surface area contributed by atoms with Crippen molar-refractivity contribution in [2.75, 3.05) is 19.0 Å². The molecule has 1 aliphatic carbocycles. The van der Waals surface area contributed by atoms with Crippen LogP contribution in [0, 0.1) is 0 Å². The van der Waals surface area contributed by atoms with Crippen LogP contribution >= 0.6 is 0 Å². The number of anilines is 1. The third kappa shape index (κ3) is 4.22. The number of pyridine rings is 1. The maximum atomic E-state index is 13.8. The van der Waals surface area contributed by atoms with E-state index in [1.807, 2.05) is 48.5 Å². The van der Waals surface area contributed by atoms with Gasteiger partial charge in [0.25, 0.3) is 0 Å². The van der Waals surface area contributed by atoms with Crippen LogP contribution in [-0.4, -0.2) is 24.6 Å². The molecule has 1 N–H and O–H groups in total. The minimum absolute atomic E-state index is 0.0461. The fourth-order valence-corrected chi connectivity index (χ4v) is 4.54. The fraction of sp³-hybridized carbons (Fsp3) is 0.385. The smallest absolute Gasteiger partial charge is 0.235 e. The molecule has 0 bridgehead atoms. The van der Waals surface area contributed by atoms with Crippen LogP contribution in [0.2, 0.25) is 0 Å². The Morgan fingerprint density at radius 2 is 1.84 bits per heavy atom. The van der Waals surface area contributed by atoms with E-state index >= 15 is 0 Å². The normalized spacial score (nSPS) is 15.4. The van der Waals surface area contributed by atoms with Crippen molar-refractivity contribution < 1.29 is 14.3 Å². The van der Waals surface area contributed by atoms with Crippen molar-refractivity contribution in [3.8, 4) is 11.5 Å².